The van der Waals surface area contributed by atoms with Crippen LogP contribution < -0.4 is 5.69 Å². The summed E-state index contributed by atoms with van der Waals surface area (Å²) < 4.78 is 42.5. The van der Waals surface area contributed by atoms with Crippen LogP contribution in [0.4, 0.5) is 13.2 Å². The lowest BCUT2D eigenvalue weighted by Gasteiger charge is -2.34. The molecule has 1 aliphatic carbocycles. The Hall–Kier alpha value is -3.80. The van der Waals surface area contributed by atoms with Gasteiger partial charge in [0, 0.05) is 43.4 Å². The highest BCUT2D eigenvalue weighted by atomic mass is 35.5. The Morgan fingerprint density at radius 2 is 1.93 bits per heavy atom. The summed E-state index contributed by atoms with van der Waals surface area (Å²) in [4.78, 5) is 45.3. The third-order valence-electron chi connectivity index (χ3n) is 8.99. The van der Waals surface area contributed by atoms with E-state index in [4.69, 9.17) is 11.6 Å². The van der Waals surface area contributed by atoms with Crippen molar-refractivity contribution in [1.29, 1.82) is 0 Å². The van der Waals surface area contributed by atoms with Crippen LogP contribution in [0.25, 0.3) is 21.9 Å². The summed E-state index contributed by atoms with van der Waals surface area (Å²) in [6, 6.07) is 9.04. The lowest BCUT2D eigenvalue weighted by Crippen LogP contribution is -2.45. The number of rotatable bonds is 4. The van der Waals surface area contributed by atoms with E-state index in [0.717, 1.165) is 15.9 Å². The monoisotopic (exact) mass is 586 g/mol. The third-order valence-corrected chi connectivity index (χ3v) is 9.29. The summed E-state index contributed by atoms with van der Waals surface area (Å²) >= 11 is 6.48. The zero-order valence-electron chi connectivity index (χ0n) is 21.8. The maximum absolute atomic E-state index is 13.8. The molecule has 2 atom stereocenters. The Balaban J connectivity index is 1.14. The predicted octanol–water partition coefficient (Wildman–Crippen LogP) is 4.49. The first-order chi connectivity index (χ1) is 19.6. The number of halogens is 4. The molecule has 2 fully saturated rings. The third kappa shape index (κ3) is 4.22. The summed E-state index contributed by atoms with van der Waals surface area (Å²) in [5.74, 6) is -1.33. The molecule has 2 amide bonds. The van der Waals surface area contributed by atoms with Crippen molar-refractivity contribution in [2.24, 2.45) is 5.41 Å². The number of imidazole rings is 1. The van der Waals surface area contributed by atoms with Gasteiger partial charge in [0.1, 0.15) is 6.54 Å². The molecule has 7 rings (SSSR count). The number of fused-ring (bicyclic) bond motifs is 6. The number of carbonyl (C=O) groups excluding carboxylic acids is 2. The molecule has 2 aromatic carbocycles. The molecule has 4 aromatic rings. The van der Waals surface area contributed by atoms with Crippen LogP contribution in [0.3, 0.4) is 0 Å². The normalized spacial score (nSPS) is 23.1. The molecule has 2 N–H and O–H groups in total. The number of amides is 2. The number of carbonyl (C=O) groups is 2. The van der Waals surface area contributed by atoms with E-state index in [1.165, 1.54) is 6.20 Å². The van der Waals surface area contributed by atoms with E-state index >= 15 is 0 Å². The molecule has 0 radical (unpaired) electrons. The first-order valence-electron chi connectivity index (χ1n) is 13.5. The highest BCUT2D eigenvalue weighted by molar-refractivity contribution is 6.35. The number of hydrogen-bond donors (Lipinski definition) is 2. The zero-order chi connectivity index (χ0) is 28.7. The van der Waals surface area contributed by atoms with Gasteiger partial charge >= 0.3 is 11.9 Å². The summed E-state index contributed by atoms with van der Waals surface area (Å²) in [5.41, 5.74) is 1.89. The average molecular weight is 587 g/mol. The number of alkyl halides is 3. The summed E-state index contributed by atoms with van der Waals surface area (Å²) in [6.45, 7) is -0.873. The van der Waals surface area contributed by atoms with E-state index in [9.17, 15) is 27.6 Å². The molecular formula is C28H26ClF3N6O3. The first kappa shape index (κ1) is 26.1. The van der Waals surface area contributed by atoms with Crippen molar-refractivity contribution in [2.45, 2.75) is 50.4 Å². The van der Waals surface area contributed by atoms with Gasteiger partial charge in [0.25, 0.3) is 0 Å². The number of para-hydroxylation sites is 2. The minimum Gasteiger partial charge on any atom is -0.343 e. The molecule has 4 heterocycles. The number of benzene rings is 2. The van der Waals surface area contributed by atoms with Crippen LogP contribution in [-0.2, 0) is 16.1 Å². The number of nitrogens with zero attached hydrogens (tertiary/aromatic N) is 4. The molecule has 2 aromatic heterocycles. The average Bonchev–Trinajstić information content (AvgIpc) is 3.27. The highest BCUT2D eigenvalue weighted by Gasteiger charge is 2.65. The first-order valence-corrected chi connectivity index (χ1v) is 13.9. The van der Waals surface area contributed by atoms with Gasteiger partial charge in [-0.05, 0) is 48.6 Å². The van der Waals surface area contributed by atoms with Crippen LogP contribution in [0.15, 0.2) is 41.3 Å². The fraction of sp³-hybridized carbons (Fsp3) is 0.429. The molecule has 2 aliphatic heterocycles. The molecule has 214 valence electrons. The molecule has 0 spiro atoms. The van der Waals surface area contributed by atoms with Crippen LogP contribution in [0.1, 0.15) is 48.8 Å². The van der Waals surface area contributed by atoms with Gasteiger partial charge in [0.2, 0.25) is 11.8 Å². The number of likely N-dealkylation sites (tertiary alicyclic amines) is 1. The second-order valence-electron chi connectivity index (χ2n) is 11.4. The van der Waals surface area contributed by atoms with Crippen LogP contribution in [0, 0.1) is 5.41 Å². The van der Waals surface area contributed by atoms with E-state index in [0.29, 0.717) is 53.0 Å². The van der Waals surface area contributed by atoms with Gasteiger partial charge in [-0.15, -0.1) is 0 Å². The summed E-state index contributed by atoms with van der Waals surface area (Å²) in [6.07, 6.45) is -1.88. The Labute approximate surface area is 236 Å². The second kappa shape index (κ2) is 9.10. The number of aromatic amines is 2. The molecule has 1 saturated heterocycles. The van der Waals surface area contributed by atoms with E-state index in [2.05, 4.69) is 15.2 Å². The second-order valence-corrected chi connectivity index (χ2v) is 11.8. The van der Waals surface area contributed by atoms with Crippen molar-refractivity contribution in [3.05, 3.63) is 63.2 Å². The largest absolute Gasteiger partial charge is 0.406 e. The molecule has 0 bridgehead atoms. The SMILES string of the molecule is O=C(CC12C[C@@H]1c1cc(Cl)c3[nH]ncc3c1CN(CC(F)(F)F)C2=O)N1CCC(n2c(=O)[nH]c3ccccc32)CC1. The van der Waals surface area contributed by atoms with Gasteiger partial charge < -0.3 is 14.8 Å². The number of nitrogens with one attached hydrogen (secondary N) is 2. The Morgan fingerprint density at radius 3 is 2.68 bits per heavy atom. The van der Waals surface area contributed by atoms with Crippen molar-refractivity contribution < 1.29 is 22.8 Å². The predicted molar refractivity (Wildman–Crippen MR) is 144 cm³/mol. The topological polar surface area (TPSA) is 107 Å². The fourth-order valence-corrected chi connectivity index (χ4v) is 7.23. The Kier molecular flexibility index (Phi) is 5.80. The molecular weight excluding hydrogens is 561 g/mol. The van der Waals surface area contributed by atoms with Crippen LogP contribution >= 0.6 is 11.6 Å². The maximum atomic E-state index is 13.8. The van der Waals surface area contributed by atoms with E-state index < -0.39 is 30.0 Å². The number of aromatic nitrogens is 4. The van der Waals surface area contributed by atoms with Gasteiger partial charge in [0.05, 0.1) is 33.2 Å². The van der Waals surface area contributed by atoms with Crippen molar-refractivity contribution in [3.63, 3.8) is 0 Å². The molecule has 9 nitrogen and oxygen atoms in total. The molecule has 41 heavy (non-hydrogen) atoms. The minimum absolute atomic E-state index is 0.0947. The molecule has 1 unspecified atom stereocenters. The number of hydrogen-bond acceptors (Lipinski definition) is 4. The summed E-state index contributed by atoms with van der Waals surface area (Å²) in [7, 11) is 0. The van der Waals surface area contributed by atoms with Crippen molar-refractivity contribution in [2.75, 3.05) is 19.6 Å². The van der Waals surface area contributed by atoms with Gasteiger partial charge in [-0.3, -0.25) is 19.3 Å². The molecule has 1 saturated carbocycles. The quantitative estimate of drug-likeness (QED) is 0.367. The number of H-pyrrole nitrogens is 2. The lowest BCUT2D eigenvalue weighted by molar-refractivity contribution is -0.166. The molecule has 3 aliphatic rings. The smallest absolute Gasteiger partial charge is 0.343 e. The summed E-state index contributed by atoms with van der Waals surface area (Å²) in [5, 5.41) is 7.74. The van der Waals surface area contributed by atoms with Crippen LogP contribution in [0.5, 0.6) is 0 Å². The van der Waals surface area contributed by atoms with Crippen molar-refractivity contribution in [3.8, 4) is 0 Å². The van der Waals surface area contributed by atoms with Crippen molar-refractivity contribution >= 4 is 45.4 Å². The van der Waals surface area contributed by atoms with Gasteiger partial charge in [-0.2, -0.15) is 18.3 Å². The van der Waals surface area contributed by atoms with Crippen LogP contribution in [0.2, 0.25) is 5.02 Å². The van der Waals surface area contributed by atoms with E-state index in [1.807, 2.05) is 24.3 Å². The van der Waals surface area contributed by atoms with Gasteiger partial charge in [-0.1, -0.05) is 23.7 Å². The highest BCUT2D eigenvalue weighted by Crippen LogP contribution is 2.65. The minimum atomic E-state index is -4.60. The Bertz CT molecular complexity index is 1770. The van der Waals surface area contributed by atoms with E-state index in [-0.39, 0.29) is 37.0 Å². The fourth-order valence-electron chi connectivity index (χ4n) is 6.97. The van der Waals surface area contributed by atoms with Gasteiger partial charge in [-0.25, -0.2) is 4.79 Å². The number of piperidine rings is 1. The van der Waals surface area contributed by atoms with E-state index in [1.54, 1.807) is 15.5 Å². The Morgan fingerprint density at radius 1 is 1.17 bits per heavy atom. The van der Waals surface area contributed by atoms with Crippen LogP contribution in [-0.4, -0.2) is 67.2 Å². The van der Waals surface area contributed by atoms with Gasteiger partial charge in [0.15, 0.2) is 0 Å². The standard InChI is InChI=1S/C28H26ClF3N6O3/c29-20-9-16-18(17-12-33-35-24(17)20)13-37(14-28(30,31)32)25(40)27(10-19(16)27)11-23(39)36-7-5-15(6-8-36)38-22-4-2-1-3-21(22)34-26(38)41/h1-4,9,12,15,19H,5-8,10-11,13-14H2,(H,33,35)(H,34,41)/t19-,27?/m1/s1. The lowest BCUT2D eigenvalue weighted by atomic mass is 9.91. The van der Waals surface area contributed by atoms with Crippen molar-refractivity contribution in [1.82, 2.24) is 29.5 Å². The zero-order valence-corrected chi connectivity index (χ0v) is 22.6. The maximum Gasteiger partial charge on any atom is 0.406 e. The molecule has 13 heteroatoms.